The van der Waals surface area contributed by atoms with Gasteiger partial charge in [0.25, 0.3) is 0 Å². The third kappa shape index (κ3) is 3.04. The van der Waals surface area contributed by atoms with E-state index in [-0.39, 0.29) is 5.82 Å². The molecule has 0 saturated carbocycles. The lowest BCUT2D eigenvalue weighted by Crippen LogP contribution is -2.10. The third-order valence-corrected chi connectivity index (χ3v) is 2.40. The van der Waals surface area contributed by atoms with Crippen molar-refractivity contribution in [2.24, 2.45) is 5.73 Å². The summed E-state index contributed by atoms with van der Waals surface area (Å²) in [6.45, 7) is 0.980. The van der Waals surface area contributed by atoms with Crippen LogP contribution in [0.15, 0.2) is 48.5 Å². The molecular formula is C14H14FNO. The fourth-order valence-electron chi connectivity index (χ4n) is 1.58. The molecule has 0 aliphatic carbocycles. The van der Waals surface area contributed by atoms with Crippen molar-refractivity contribution in [3.8, 4) is 16.9 Å². The van der Waals surface area contributed by atoms with Gasteiger partial charge in [-0.1, -0.05) is 24.3 Å². The maximum Gasteiger partial charge on any atom is 0.123 e. The van der Waals surface area contributed by atoms with Crippen LogP contribution < -0.4 is 10.5 Å². The summed E-state index contributed by atoms with van der Waals surface area (Å²) < 4.78 is 18.3. The Balaban J connectivity index is 2.23. The van der Waals surface area contributed by atoms with Gasteiger partial charge in [0.05, 0.1) is 0 Å². The molecule has 0 aliphatic rings. The van der Waals surface area contributed by atoms with Gasteiger partial charge in [-0.25, -0.2) is 4.39 Å². The smallest absolute Gasteiger partial charge is 0.123 e. The van der Waals surface area contributed by atoms with Crippen molar-refractivity contribution in [2.75, 3.05) is 13.2 Å². The van der Waals surface area contributed by atoms with Crippen molar-refractivity contribution in [1.82, 2.24) is 0 Å². The number of hydrogen-bond donors (Lipinski definition) is 1. The largest absolute Gasteiger partial charge is 0.492 e. The van der Waals surface area contributed by atoms with Crippen molar-refractivity contribution in [2.45, 2.75) is 0 Å². The summed E-state index contributed by atoms with van der Waals surface area (Å²) in [6, 6.07) is 14.1. The lowest BCUT2D eigenvalue weighted by Gasteiger charge is -2.07. The molecule has 0 aliphatic heterocycles. The quantitative estimate of drug-likeness (QED) is 0.878. The van der Waals surface area contributed by atoms with Crippen LogP contribution in [0.5, 0.6) is 5.75 Å². The minimum absolute atomic E-state index is 0.232. The molecule has 0 atom stereocenters. The zero-order valence-corrected chi connectivity index (χ0v) is 9.40. The Morgan fingerprint density at radius 1 is 1.00 bits per heavy atom. The zero-order valence-electron chi connectivity index (χ0n) is 9.40. The molecule has 0 amide bonds. The Kier molecular flexibility index (Phi) is 3.73. The zero-order chi connectivity index (χ0) is 12.1. The Morgan fingerprint density at radius 2 is 1.76 bits per heavy atom. The van der Waals surface area contributed by atoms with Crippen LogP contribution in [0.25, 0.3) is 11.1 Å². The van der Waals surface area contributed by atoms with E-state index in [2.05, 4.69) is 0 Å². The Bertz CT molecular complexity index is 482. The molecule has 0 spiro atoms. The molecular weight excluding hydrogens is 217 g/mol. The monoisotopic (exact) mass is 231 g/mol. The van der Waals surface area contributed by atoms with Gasteiger partial charge in [-0.3, -0.25) is 0 Å². The van der Waals surface area contributed by atoms with E-state index in [0.29, 0.717) is 13.2 Å². The van der Waals surface area contributed by atoms with Gasteiger partial charge in [0, 0.05) is 6.54 Å². The average Bonchev–Trinajstić information content (AvgIpc) is 2.37. The number of halogens is 1. The summed E-state index contributed by atoms with van der Waals surface area (Å²) in [5.74, 6) is 0.543. The number of benzene rings is 2. The van der Waals surface area contributed by atoms with E-state index in [0.717, 1.165) is 16.9 Å². The van der Waals surface area contributed by atoms with E-state index in [9.17, 15) is 4.39 Å². The second kappa shape index (κ2) is 5.46. The fraction of sp³-hybridized carbons (Fsp3) is 0.143. The molecule has 2 N–H and O–H groups in total. The summed E-state index contributed by atoms with van der Waals surface area (Å²) >= 11 is 0. The van der Waals surface area contributed by atoms with Crippen LogP contribution in [-0.4, -0.2) is 13.2 Å². The second-order valence-corrected chi connectivity index (χ2v) is 3.67. The molecule has 2 aromatic carbocycles. The highest BCUT2D eigenvalue weighted by molar-refractivity contribution is 5.64. The topological polar surface area (TPSA) is 35.2 Å². The SMILES string of the molecule is NCCOc1cccc(-c2ccc(F)cc2)c1. The van der Waals surface area contributed by atoms with E-state index in [1.807, 2.05) is 24.3 Å². The van der Waals surface area contributed by atoms with Crippen molar-refractivity contribution in [1.29, 1.82) is 0 Å². The fourth-order valence-corrected chi connectivity index (χ4v) is 1.58. The molecule has 0 bridgehead atoms. The molecule has 0 unspecified atom stereocenters. The number of rotatable bonds is 4. The van der Waals surface area contributed by atoms with Crippen LogP contribution in [0.2, 0.25) is 0 Å². The lowest BCUT2D eigenvalue weighted by atomic mass is 10.1. The number of nitrogens with two attached hydrogens (primary N) is 1. The van der Waals surface area contributed by atoms with Crippen LogP contribution in [0, 0.1) is 5.82 Å². The second-order valence-electron chi connectivity index (χ2n) is 3.67. The molecule has 0 radical (unpaired) electrons. The molecule has 0 saturated heterocycles. The first kappa shape index (κ1) is 11.6. The first-order chi connectivity index (χ1) is 8.29. The van der Waals surface area contributed by atoms with Gasteiger partial charge in [-0.15, -0.1) is 0 Å². The number of ether oxygens (including phenoxy) is 1. The van der Waals surface area contributed by atoms with Gasteiger partial charge < -0.3 is 10.5 Å². The van der Waals surface area contributed by atoms with E-state index < -0.39 is 0 Å². The molecule has 2 nitrogen and oxygen atoms in total. The highest BCUT2D eigenvalue weighted by Crippen LogP contribution is 2.23. The van der Waals surface area contributed by atoms with Crippen molar-refractivity contribution < 1.29 is 9.13 Å². The molecule has 0 aromatic heterocycles. The highest BCUT2D eigenvalue weighted by atomic mass is 19.1. The summed E-state index contributed by atoms with van der Waals surface area (Å²) in [4.78, 5) is 0. The van der Waals surface area contributed by atoms with Crippen molar-refractivity contribution in [3.63, 3.8) is 0 Å². The molecule has 3 heteroatoms. The number of hydrogen-bond acceptors (Lipinski definition) is 2. The summed E-state index contributed by atoms with van der Waals surface area (Å²) in [5.41, 5.74) is 7.34. The average molecular weight is 231 g/mol. The first-order valence-electron chi connectivity index (χ1n) is 5.48. The molecule has 2 rings (SSSR count). The Morgan fingerprint density at radius 3 is 2.47 bits per heavy atom. The lowest BCUT2D eigenvalue weighted by molar-refractivity contribution is 0.328. The Hall–Kier alpha value is -1.87. The molecule has 17 heavy (non-hydrogen) atoms. The van der Waals surface area contributed by atoms with Crippen molar-refractivity contribution in [3.05, 3.63) is 54.3 Å². The minimum Gasteiger partial charge on any atom is -0.492 e. The summed E-state index contributed by atoms with van der Waals surface area (Å²) in [7, 11) is 0. The Labute approximate surface area is 99.8 Å². The van der Waals surface area contributed by atoms with Gasteiger partial charge in [-0.05, 0) is 35.4 Å². The van der Waals surface area contributed by atoms with Gasteiger partial charge in [0.15, 0.2) is 0 Å². The molecule has 0 fully saturated rings. The van der Waals surface area contributed by atoms with E-state index in [1.165, 1.54) is 12.1 Å². The minimum atomic E-state index is -0.232. The summed E-state index contributed by atoms with van der Waals surface area (Å²) in [6.07, 6.45) is 0. The molecule has 0 heterocycles. The van der Waals surface area contributed by atoms with Gasteiger partial charge in [0.2, 0.25) is 0 Å². The van der Waals surface area contributed by atoms with Gasteiger partial charge >= 0.3 is 0 Å². The molecule has 2 aromatic rings. The predicted octanol–water partition coefficient (Wildman–Crippen LogP) is 2.83. The van der Waals surface area contributed by atoms with Crippen molar-refractivity contribution >= 4 is 0 Å². The molecule has 88 valence electrons. The van der Waals surface area contributed by atoms with Gasteiger partial charge in [-0.2, -0.15) is 0 Å². The first-order valence-corrected chi connectivity index (χ1v) is 5.48. The normalized spacial score (nSPS) is 10.2. The summed E-state index contributed by atoms with van der Waals surface area (Å²) in [5, 5.41) is 0. The van der Waals surface area contributed by atoms with Crippen LogP contribution >= 0.6 is 0 Å². The van der Waals surface area contributed by atoms with E-state index >= 15 is 0 Å². The maximum absolute atomic E-state index is 12.8. The standard InChI is InChI=1S/C14H14FNO/c15-13-6-4-11(5-7-13)12-2-1-3-14(10-12)17-9-8-16/h1-7,10H,8-9,16H2. The predicted molar refractivity (Wildman–Crippen MR) is 66.4 cm³/mol. The van der Waals surface area contributed by atoms with E-state index in [1.54, 1.807) is 12.1 Å². The maximum atomic E-state index is 12.8. The van der Waals surface area contributed by atoms with Gasteiger partial charge in [0.1, 0.15) is 18.2 Å². The third-order valence-electron chi connectivity index (χ3n) is 2.40. The highest BCUT2D eigenvalue weighted by Gasteiger charge is 2.00. The van der Waals surface area contributed by atoms with Crippen LogP contribution in [0.1, 0.15) is 0 Å². The van der Waals surface area contributed by atoms with Crippen LogP contribution in [0.4, 0.5) is 4.39 Å². The van der Waals surface area contributed by atoms with Crippen LogP contribution in [-0.2, 0) is 0 Å². The van der Waals surface area contributed by atoms with E-state index in [4.69, 9.17) is 10.5 Å². The van der Waals surface area contributed by atoms with Crippen LogP contribution in [0.3, 0.4) is 0 Å².